The van der Waals surface area contributed by atoms with Crippen LogP contribution in [0.2, 0.25) is 5.02 Å². The van der Waals surface area contributed by atoms with E-state index >= 15 is 0 Å². The Morgan fingerprint density at radius 1 is 1.15 bits per heavy atom. The second-order valence-electron chi connectivity index (χ2n) is 6.64. The van der Waals surface area contributed by atoms with Crippen LogP contribution in [0.5, 0.6) is 0 Å². The Hall–Kier alpha value is -2.17. The van der Waals surface area contributed by atoms with Crippen molar-refractivity contribution in [2.75, 3.05) is 20.2 Å². The summed E-state index contributed by atoms with van der Waals surface area (Å²) in [5, 5.41) is 0.592. The molecular formula is C21H22ClNO3. The molecule has 0 bridgehead atoms. The fourth-order valence-corrected chi connectivity index (χ4v) is 3.60. The molecule has 0 N–H and O–H groups in total. The summed E-state index contributed by atoms with van der Waals surface area (Å²) < 4.78 is 4.72. The van der Waals surface area contributed by atoms with Crippen LogP contribution < -0.4 is 0 Å². The molecule has 1 saturated heterocycles. The van der Waals surface area contributed by atoms with Crippen molar-refractivity contribution >= 4 is 23.4 Å². The Labute approximate surface area is 158 Å². The molecule has 0 amide bonds. The molecule has 5 heteroatoms. The van der Waals surface area contributed by atoms with Crippen LogP contribution in [0.25, 0.3) is 0 Å². The standard InChI is InChI=1S/C21H22ClNO3/c1-26-21(25)16-9-7-15(8-10-16)13-23-11-3-5-18(14-23)20(24)17-4-2-6-19(22)12-17/h2,4,6-10,12,18H,3,5,11,13-14H2,1H3/t18-/m1/s1. The van der Waals surface area contributed by atoms with Gasteiger partial charge in [-0.15, -0.1) is 0 Å². The maximum Gasteiger partial charge on any atom is 0.337 e. The maximum absolute atomic E-state index is 12.8. The van der Waals surface area contributed by atoms with Crippen molar-refractivity contribution in [3.63, 3.8) is 0 Å². The summed E-state index contributed by atoms with van der Waals surface area (Å²) in [4.78, 5) is 26.6. The van der Waals surface area contributed by atoms with Gasteiger partial charge in [0, 0.05) is 29.6 Å². The molecule has 0 saturated carbocycles. The molecule has 1 aliphatic heterocycles. The third kappa shape index (κ3) is 4.51. The van der Waals surface area contributed by atoms with Crippen molar-refractivity contribution in [1.82, 2.24) is 4.90 Å². The number of halogens is 1. The summed E-state index contributed by atoms with van der Waals surface area (Å²) in [6.07, 6.45) is 1.90. The van der Waals surface area contributed by atoms with Crippen LogP contribution in [0.4, 0.5) is 0 Å². The summed E-state index contributed by atoms with van der Waals surface area (Å²) >= 11 is 6.01. The predicted molar refractivity (Wildman–Crippen MR) is 102 cm³/mol. The number of ether oxygens (including phenoxy) is 1. The molecule has 1 atom stereocenters. The molecule has 0 spiro atoms. The van der Waals surface area contributed by atoms with E-state index < -0.39 is 0 Å². The predicted octanol–water partition coefficient (Wildman–Crippen LogP) is 4.22. The van der Waals surface area contributed by atoms with E-state index in [1.165, 1.54) is 7.11 Å². The topological polar surface area (TPSA) is 46.6 Å². The quantitative estimate of drug-likeness (QED) is 0.583. The Morgan fingerprint density at radius 2 is 1.92 bits per heavy atom. The number of rotatable bonds is 5. The first-order valence-electron chi connectivity index (χ1n) is 8.76. The van der Waals surface area contributed by atoms with Crippen LogP contribution in [-0.4, -0.2) is 36.9 Å². The van der Waals surface area contributed by atoms with Crippen LogP contribution in [0.3, 0.4) is 0 Å². The van der Waals surface area contributed by atoms with Gasteiger partial charge in [-0.2, -0.15) is 0 Å². The third-order valence-electron chi connectivity index (χ3n) is 4.77. The highest BCUT2D eigenvalue weighted by atomic mass is 35.5. The van der Waals surface area contributed by atoms with E-state index in [0.717, 1.165) is 38.0 Å². The van der Waals surface area contributed by atoms with Gasteiger partial charge < -0.3 is 4.74 Å². The smallest absolute Gasteiger partial charge is 0.337 e. The Kier molecular flexibility index (Phi) is 6.07. The van der Waals surface area contributed by atoms with E-state index in [9.17, 15) is 9.59 Å². The molecular weight excluding hydrogens is 350 g/mol. The zero-order chi connectivity index (χ0) is 18.5. The minimum absolute atomic E-state index is 0.00319. The molecule has 1 aliphatic rings. The summed E-state index contributed by atoms with van der Waals surface area (Å²) in [6.45, 7) is 2.48. The number of methoxy groups -OCH3 is 1. The number of likely N-dealkylation sites (tertiary alicyclic amines) is 1. The minimum atomic E-state index is -0.332. The van der Waals surface area contributed by atoms with Gasteiger partial charge in [0.1, 0.15) is 0 Å². The van der Waals surface area contributed by atoms with Crippen LogP contribution in [0.15, 0.2) is 48.5 Å². The number of hydrogen-bond acceptors (Lipinski definition) is 4. The van der Waals surface area contributed by atoms with Gasteiger partial charge >= 0.3 is 5.97 Å². The average molecular weight is 372 g/mol. The number of hydrogen-bond donors (Lipinski definition) is 0. The van der Waals surface area contributed by atoms with Gasteiger partial charge in [0.25, 0.3) is 0 Å². The fourth-order valence-electron chi connectivity index (χ4n) is 3.41. The van der Waals surface area contributed by atoms with Crippen LogP contribution in [-0.2, 0) is 11.3 Å². The second kappa shape index (κ2) is 8.47. The lowest BCUT2D eigenvalue weighted by atomic mass is 9.90. The highest BCUT2D eigenvalue weighted by molar-refractivity contribution is 6.31. The lowest BCUT2D eigenvalue weighted by Gasteiger charge is -2.32. The first-order valence-corrected chi connectivity index (χ1v) is 9.14. The van der Waals surface area contributed by atoms with Gasteiger partial charge in [-0.1, -0.05) is 35.9 Å². The average Bonchev–Trinajstić information content (AvgIpc) is 2.67. The summed E-state index contributed by atoms with van der Waals surface area (Å²) in [7, 11) is 1.38. The van der Waals surface area contributed by atoms with Gasteiger partial charge in [0.05, 0.1) is 12.7 Å². The molecule has 4 nitrogen and oxygen atoms in total. The van der Waals surface area contributed by atoms with Crippen molar-refractivity contribution in [1.29, 1.82) is 0 Å². The number of carbonyl (C=O) groups is 2. The number of nitrogens with zero attached hydrogens (tertiary/aromatic N) is 1. The monoisotopic (exact) mass is 371 g/mol. The van der Waals surface area contributed by atoms with Crippen molar-refractivity contribution in [3.8, 4) is 0 Å². The van der Waals surface area contributed by atoms with E-state index in [-0.39, 0.29) is 17.7 Å². The zero-order valence-electron chi connectivity index (χ0n) is 14.8. The van der Waals surface area contributed by atoms with Gasteiger partial charge in [-0.05, 0) is 49.2 Å². The highest BCUT2D eigenvalue weighted by Gasteiger charge is 2.26. The number of carbonyl (C=O) groups excluding carboxylic acids is 2. The third-order valence-corrected chi connectivity index (χ3v) is 5.00. The van der Waals surface area contributed by atoms with E-state index in [2.05, 4.69) is 4.90 Å². The summed E-state index contributed by atoms with van der Waals surface area (Å²) in [5.74, 6) is -0.170. The van der Waals surface area contributed by atoms with Gasteiger partial charge in [-0.25, -0.2) is 4.79 Å². The number of esters is 1. The Bertz CT molecular complexity index is 788. The van der Waals surface area contributed by atoms with E-state index in [1.54, 1.807) is 24.3 Å². The summed E-state index contributed by atoms with van der Waals surface area (Å²) in [5.41, 5.74) is 2.35. The zero-order valence-corrected chi connectivity index (χ0v) is 15.5. The van der Waals surface area contributed by atoms with Crippen molar-refractivity contribution in [2.45, 2.75) is 19.4 Å². The first-order chi connectivity index (χ1) is 12.6. The molecule has 2 aromatic carbocycles. The first kappa shape index (κ1) is 18.6. The van der Waals surface area contributed by atoms with Crippen molar-refractivity contribution in [2.24, 2.45) is 5.92 Å². The van der Waals surface area contributed by atoms with Crippen molar-refractivity contribution in [3.05, 3.63) is 70.2 Å². The van der Waals surface area contributed by atoms with E-state index in [1.807, 2.05) is 24.3 Å². The molecule has 26 heavy (non-hydrogen) atoms. The molecule has 1 heterocycles. The number of ketones is 1. The molecule has 0 radical (unpaired) electrons. The van der Waals surface area contributed by atoms with Gasteiger partial charge in [-0.3, -0.25) is 9.69 Å². The number of piperidine rings is 1. The normalized spacial score (nSPS) is 17.7. The minimum Gasteiger partial charge on any atom is -0.465 e. The molecule has 1 fully saturated rings. The van der Waals surface area contributed by atoms with Crippen LogP contribution in [0, 0.1) is 5.92 Å². The van der Waals surface area contributed by atoms with Crippen LogP contribution >= 0.6 is 11.6 Å². The highest BCUT2D eigenvalue weighted by Crippen LogP contribution is 2.23. The van der Waals surface area contributed by atoms with Crippen molar-refractivity contribution < 1.29 is 14.3 Å². The van der Waals surface area contributed by atoms with Gasteiger partial charge in [0.2, 0.25) is 0 Å². The fraction of sp³-hybridized carbons (Fsp3) is 0.333. The summed E-state index contributed by atoms with van der Waals surface area (Å²) in [6, 6.07) is 14.6. The van der Waals surface area contributed by atoms with Crippen LogP contribution in [0.1, 0.15) is 39.1 Å². The Morgan fingerprint density at radius 3 is 2.62 bits per heavy atom. The molecule has 136 valence electrons. The lowest BCUT2D eigenvalue weighted by molar-refractivity contribution is 0.0600. The number of benzene rings is 2. The SMILES string of the molecule is COC(=O)c1ccc(CN2CCC[C@@H](C(=O)c3cccc(Cl)c3)C2)cc1. The Balaban J connectivity index is 1.63. The van der Waals surface area contributed by atoms with E-state index in [0.29, 0.717) is 16.1 Å². The van der Waals surface area contributed by atoms with Gasteiger partial charge in [0.15, 0.2) is 5.78 Å². The van der Waals surface area contributed by atoms with E-state index in [4.69, 9.17) is 16.3 Å². The largest absolute Gasteiger partial charge is 0.465 e. The molecule has 0 unspecified atom stereocenters. The molecule has 0 aromatic heterocycles. The maximum atomic E-state index is 12.8. The molecule has 0 aliphatic carbocycles. The lowest BCUT2D eigenvalue weighted by Crippen LogP contribution is -2.38. The number of Topliss-reactive ketones (excluding diaryl/α,β-unsaturated/α-hetero) is 1. The second-order valence-corrected chi connectivity index (χ2v) is 7.07. The molecule has 3 rings (SSSR count). The molecule has 2 aromatic rings.